The summed E-state index contributed by atoms with van der Waals surface area (Å²) in [6, 6.07) is 3.94. The summed E-state index contributed by atoms with van der Waals surface area (Å²) in [6.07, 6.45) is 6.82. The summed E-state index contributed by atoms with van der Waals surface area (Å²) in [5.41, 5.74) is 7.15. The number of hydrogen-bond acceptors (Lipinski definition) is 3. The molecule has 120 valence electrons. The molecule has 0 amide bonds. The first kappa shape index (κ1) is 15.1. The molecule has 22 heavy (non-hydrogen) atoms. The second kappa shape index (κ2) is 6.99. The van der Waals surface area contributed by atoms with Gasteiger partial charge in [-0.15, -0.1) is 0 Å². The zero-order chi connectivity index (χ0) is 15.4. The standard InChI is InChI=1S/C17H26N4O/c1-13-6-8-21(9-7-13)17(18)20-11-15-4-5-16(19-10-15)22-12-14-2-3-14/h4-5,10,13-14H,2-3,6-9,11-12H2,1H3,(H2,18,20). The van der Waals surface area contributed by atoms with Crippen LogP contribution in [0.3, 0.4) is 0 Å². The third-order valence-electron chi connectivity index (χ3n) is 4.49. The molecule has 1 aliphatic heterocycles. The van der Waals surface area contributed by atoms with Crippen molar-refractivity contribution in [2.24, 2.45) is 22.6 Å². The van der Waals surface area contributed by atoms with Gasteiger partial charge >= 0.3 is 0 Å². The van der Waals surface area contributed by atoms with E-state index in [0.29, 0.717) is 18.4 Å². The van der Waals surface area contributed by atoms with Crippen molar-refractivity contribution in [1.82, 2.24) is 9.88 Å². The number of nitrogens with two attached hydrogens (primary N) is 1. The van der Waals surface area contributed by atoms with E-state index in [4.69, 9.17) is 10.5 Å². The number of pyridine rings is 1. The molecule has 0 unspecified atom stereocenters. The number of aromatic nitrogens is 1. The molecule has 1 saturated heterocycles. The molecule has 0 bridgehead atoms. The van der Waals surface area contributed by atoms with Crippen LogP contribution in [0.1, 0.15) is 38.2 Å². The van der Waals surface area contributed by atoms with Gasteiger partial charge in [-0.25, -0.2) is 9.98 Å². The van der Waals surface area contributed by atoms with Crippen molar-refractivity contribution in [1.29, 1.82) is 0 Å². The molecule has 2 N–H and O–H groups in total. The van der Waals surface area contributed by atoms with Crippen molar-refractivity contribution in [2.45, 2.75) is 39.2 Å². The molecule has 1 saturated carbocycles. The highest BCUT2D eigenvalue weighted by Crippen LogP contribution is 2.29. The number of aliphatic imine (C=N–C) groups is 1. The van der Waals surface area contributed by atoms with Crippen LogP contribution in [-0.2, 0) is 6.54 Å². The van der Waals surface area contributed by atoms with E-state index < -0.39 is 0 Å². The summed E-state index contributed by atoms with van der Waals surface area (Å²) in [5.74, 6) is 2.91. The minimum Gasteiger partial charge on any atom is -0.477 e. The molecule has 0 spiro atoms. The molecule has 5 nitrogen and oxygen atoms in total. The maximum absolute atomic E-state index is 6.09. The highest BCUT2D eigenvalue weighted by Gasteiger charge is 2.22. The smallest absolute Gasteiger partial charge is 0.213 e. The summed E-state index contributed by atoms with van der Waals surface area (Å²) in [5, 5.41) is 0. The topological polar surface area (TPSA) is 63.7 Å². The second-order valence-corrected chi connectivity index (χ2v) is 6.60. The van der Waals surface area contributed by atoms with Crippen LogP contribution in [-0.4, -0.2) is 35.5 Å². The summed E-state index contributed by atoms with van der Waals surface area (Å²) in [6.45, 7) is 5.70. The van der Waals surface area contributed by atoms with E-state index in [-0.39, 0.29) is 0 Å². The van der Waals surface area contributed by atoms with Gasteiger partial charge in [0.05, 0.1) is 13.2 Å². The molecular formula is C17H26N4O. The third kappa shape index (κ3) is 4.36. The fourth-order valence-electron chi connectivity index (χ4n) is 2.59. The van der Waals surface area contributed by atoms with E-state index in [1.807, 2.05) is 18.3 Å². The zero-order valence-corrected chi connectivity index (χ0v) is 13.4. The van der Waals surface area contributed by atoms with Crippen LogP contribution in [0.5, 0.6) is 5.88 Å². The number of rotatable bonds is 5. The zero-order valence-electron chi connectivity index (χ0n) is 13.4. The fourth-order valence-corrected chi connectivity index (χ4v) is 2.59. The van der Waals surface area contributed by atoms with Gasteiger partial charge in [0.1, 0.15) is 0 Å². The Morgan fingerprint density at radius 1 is 1.32 bits per heavy atom. The van der Waals surface area contributed by atoms with Crippen molar-refractivity contribution < 1.29 is 4.74 Å². The Morgan fingerprint density at radius 2 is 2.09 bits per heavy atom. The van der Waals surface area contributed by atoms with Gasteiger partial charge in [-0.05, 0) is 43.1 Å². The number of nitrogens with zero attached hydrogens (tertiary/aromatic N) is 3. The minimum atomic E-state index is 0.577. The first-order valence-electron chi connectivity index (χ1n) is 8.33. The SMILES string of the molecule is CC1CCN(C(N)=NCc2ccc(OCC3CC3)nc2)CC1. The van der Waals surface area contributed by atoms with Gasteiger partial charge < -0.3 is 15.4 Å². The van der Waals surface area contributed by atoms with Gasteiger partial charge in [-0.3, -0.25) is 0 Å². The van der Waals surface area contributed by atoms with Crippen LogP contribution in [0.4, 0.5) is 0 Å². The number of guanidine groups is 1. The van der Waals surface area contributed by atoms with Crippen LogP contribution in [0.15, 0.2) is 23.3 Å². The average Bonchev–Trinajstić information content (AvgIpc) is 3.36. The van der Waals surface area contributed by atoms with E-state index in [1.165, 1.54) is 25.7 Å². The molecule has 1 aromatic rings. The highest BCUT2D eigenvalue weighted by atomic mass is 16.5. The summed E-state index contributed by atoms with van der Waals surface area (Å²) in [7, 11) is 0. The van der Waals surface area contributed by atoms with E-state index in [0.717, 1.165) is 37.1 Å². The molecule has 0 radical (unpaired) electrons. The van der Waals surface area contributed by atoms with Crippen molar-refractivity contribution in [2.75, 3.05) is 19.7 Å². The van der Waals surface area contributed by atoms with E-state index in [2.05, 4.69) is 21.8 Å². The molecule has 0 aromatic carbocycles. The minimum absolute atomic E-state index is 0.577. The van der Waals surface area contributed by atoms with E-state index >= 15 is 0 Å². The Morgan fingerprint density at radius 3 is 2.73 bits per heavy atom. The predicted octanol–water partition coefficient (Wildman–Crippen LogP) is 2.42. The van der Waals surface area contributed by atoms with Gasteiger partial charge in [0.2, 0.25) is 5.88 Å². The Balaban J connectivity index is 1.48. The third-order valence-corrected chi connectivity index (χ3v) is 4.49. The Kier molecular flexibility index (Phi) is 4.80. The van der Waals surface area contributed by atoms with Crippen molar-refractivity contribution in [3.63, 3.8) is 0 Å². The quantitative estimate of drug-likeness (QED) is 0.670. The van der Waals surface area contributed by atoms with Gasteiger partial charge in [-0.2, -0.15) is 0 Å². The molecule has 2 heterocycles. The van der Waals surface area contributed by atoms with Gasteiger partial charge in [0.25, 0.3) is 0 Å². The Bertz CT molecular complexity index is 502. The number of ether oxygens (including phenoxy) is 1. The van der Waals surface area contributed by atoms with Gasteiger partial charge in [0.15, 0.2) is 5.96 Å². The normalized spacial score (nSPS) is 20.2. The molecule has 1 aliphatic carbocycles. The Hall–Kier alpha value is -1.78. The lowest BCUT2D eigenvalue weighted by atomic mass is 10.00. The first-order valence-corrected chi connectivity index (χ1v) is 8.33. The van der Waals surface area contributed by atoms with Crippen LogP contribution in [0, 0.1) is 11.8 Å². The molecule has 2 aliphatic rings. The number of piperidine rings is 1. The van der Waals surface area contributed by atoms with Crippen LogP contribution < -0.4 is 10.5 Å². The maximum Gasteiger partial charge on any atom is 0.213 e. The molecule has 2 fully saturated rings. The number of likely N-dealkylation sites (tertiary alicyclic amines) is 1. The molecule has 3 rings (SSSR count). The molecule has 5 heteroatoms. The average molecular weight is 302 g/mol. The monoisotopic (exact) mass is 302 g/mol. The summed E-state index contributed by atoms with van der Waals surface area (Å²) >= 11 is 0. The predicted molar refractivity (Wildman–Crippen MR) is 87.8 cm³/mol. The second-order valence-electron chi connectivity index (χ2n) is 6.60. The Labute approximate surface area is 132 Å². The van der Waals surface area contributed by atoms with Crippen molar-refractivity contribution in [3.8, 4) is 5.88 Å². The maximum atomic E-state index is 6.09. The van der Waals surface area contributed by atoms with Crippen LogP contribution in [0.25, 0.3) is 0 Å². The van der Waals surface area contributed by atoms with Crippen molar-refractivity contribution >= 4 is 5.96 Å². The summed E-state index contributed by atoms with van der Waals surface area (Å²) < 4.78 is 5.64. The number of hydrogen-bond donors (Lipinski definition) is 1. The van der Waals surface area contributed by atoms with Gasteiger partial charge in [-0.1, -0.05) is 13.0 Å². The lowest BCUT2D eigenvalue weighted by molar-refractivity contribution is 0.277. The fraction of sp³-hybridized carbons (Fsp3) is 0.647. The van der Waals surface area contributed by atoms with E-state index in [1.54, 1.807) is 0 Å². The van der Waals surface area contributed by atoms with Crippen LogP contribution >= 0.6 is 0 Å². The lowest BCUT2D eigenvalue weighted by Crippen LogP contribution is -2.42. The van der Waals surface area contributed by atoms with Gasteiger partial charge in [0, 0.05) is 25.4 Å². The molecule has 0 atom stereocenters. The largest absolute Gasteiger partial charge is 0.477 e. The highest BCUT2D eigenvalue weighted by molar-refractivity contribution is 5.78. The van der Waals surface area contributed by atoms with Crippen molar-refractivity contribution in [3.05, 3.63) is 23.9 Å². The van der Waals surface area contributed by atoms with Crippen LogP contribution in [0.2, 0.25) is 0 Å². The van der Waals surface area contributed by atoms with E-state index in [9.17, 15) is 0 Å². The molecule has 1 aromatic heterocycles. The molecular weight excluding hydrogens is 276 g/mol. The summed E-state index contributed by atoms with van der Waals surface area (Å²) in [4.78, 5) is 11.0. The lowest BCUT2D eigenvalue weighted by Gasteiger charge is -2.31. The first-order chi connectivity index (χ1) is 10.7.